The summed E-state index contributed by atoms with van der Waals surface area (Å²) in [7, 11) is 1.58. The first-order valence-corrected chi connectivity index (χ1v) is 8.84. The lowest BCUT2D eigenvalue weighted by Gasteiger charge is -2.00. The number of hydrogen-bond acceptors (Lipinski definition) is 3. The maximum Gasteiger partial charge on any atom is 0.173 e. The van der Waals surface area contributed by atoms with Gasteiger partial charge in [0.25, 0.3) is 0 Å². The molecule has 0 spiro atoms. The standard InChI is InChI=1S/C9H9BrO2.C8H6BrFO/c1-12-8-4-2-3-7(5-8)9(11)6-10;9-5-8(11)6-1-3-7(10)4-2-6/h2-5H,6H2,1H3;1-4H,5H2. The van der Waals surface area contributed by atoms with Crippen molar-refractivity contribution in [2.24, 2.45) is 0 Å². The molecule has 0 amide bonds. The fourth-order valence-corrected chi connectivity index (χ4v) is 2.23. The summed E-state index contributed by atoms with van der Waals surface area (Å²) in [4.78, 5) is 22.1. The molecular weight excluding hydrogens is 431 g/mol. The number of rotatable bonds is 5. The van der Waals surface area contributed by atoms with E-state index in [-0.39, 0.29) is 22.7 Å². The minimum absolute atomic E-state index is 0.0370. The lowest BCUT2D eigenvalue weighted by Crippen LogP contribution is -1.99. The number of carbonyl (C=O) groups excluding carboxylic acids is 2. The third-order valence-electron chi connectivity index (χ3n) is 2.80. The normalized spacial score (nSPS) is 9.57. The zero-order valence-electron chi connectivity index (χ0n) is 12.4. The minimum Gasteiger partial charge on any atom is -0.497 e. The molecule has 0 radical (unpaired) electrons. The third kappa shape index (κ3) is 6.62. The van der Waals surface area contributed by atoms with Gasteiger partial charge < -0.3 is 4.74 Å². The molecule has 0 N–H and O–H groups in total. The minimum atomic E-state index is -0.323. The fourth-order valence-electron chi connectivity index (χ4n) is 1.59. The van der Waals surface area contributed by atoms with E-state index >= 15 is 0 Å². The molecule has 6 heteroatoms. The quantitative estimate of drug-likeness (QED) is 0.495. The second kappa shape index (κ2) is 10.3. The molecule has 3 nitrogen and oxygen atoms in total. The molecule has 0 bridgehead atoms. The van der Waals surface area contributed by atoms with Gasteiger partial charge in [0, 0.05) is 11.1 Å². The summed E-state index contributed by atoms with van der Waals surface area (Å²) in [6.45, 7) is 0. The molecule has 2 rings (SSSR count). The summed E-state index contributed by atoms with van der Waals surface area (Å²) < 4.78 is 17.3. The van der Waals surface area contributed by atoms with Crippen LogP contribution in [0.15, 0.2) is 48.5 Å². The Morgan fingerprint density at radius 3 is 2.04 bits per heavy atom. The van der Waals surface area contributed by atoms with Crippen molar-refractivity contribution in [1.82, 2.24) is 0 Å². The van der Waals surface area contributed by atoms with E-state index in [0.29, 0.717) is 22.2 Å². The highest BCUT2D eigenvalue weighted by molar-refractivity contribution is 9.09. The molecule has 2 aromatic carbocycles. The van der Waals surface area contributed by atoms with E-state index in [0.717, 1.165) is 0 Å². The Morgan fingerprint density at radius 2 is 1.52 bits per heavy atom. The zero-order valence-corrected chi connectivity index (χ0v) is 15.6. The van der Waals surface area contributed by atoms with Crippen LogP contribution in [0.5, 0.6) is 5.75 Å². The second-order valence-corrected chi connectivity index (χ2v) is 5.47. The van der Waals surface area contributed by atoms with Crippen molar-refractivity contribution in [2.75, 3.05) is 17.8 Å². The van der Waals surface area contributed by atoms with E-state index in [9.17, 15) is 14.0 Å². The van der Waals surface area contributed by atoms with E-state index in [1.54, 1.807) is 25.3 Å². The molecule has 0 aromatic heterocycles. The van der Waals surface area contributed by atoms with Crippen LogP contribution in [0.25, 0.3) is 0 Å². The van der Waals surface area contributed by atoms with Crippen molar-refractivity contribution in [3.63, 3.8) is 0 Å². The lowest BCUT2D eigenvalue weighted by atomic mass is 10.1. The summed E-state index contributed by atoms with van der Waals surface area (Å²) in [5.41, 5.74) is 1.20. The maximum atomic E-state index is 12.3. The van der Waals surface area contributed by atoms with Gasteiger partial charge >= 0.3 is 0 Å². The van der Waals surface area contributed by atoms with Crippen molar-refractivity contribution in [1.29, 1.82) is 0 Å². The smallest absolute Gasteiger partial charge is 0.173 e. The Morgan fingerprint density at radius 1 is 0.957 bits per heavy atom. The monoisotopic (exact) mass is 444 g/mol. The van der Waals surface area contributed by atoms with Crippen molar-refractivity contribution in [3.8, 4) is 5.75 Å². The number of methoxy groups -OCH3 is 1. The number of carbonyl (C=O) groups is 2. The Hall–Kier alpha value is -1.53. The molecule has 0 aliphatic carbocycles. The van der Waals surface area contributed by atoms with Gasteiger partial charge in [-0.15, -0.1) is 0 Å². The van der Waals surface area contributed by atoms with Crippen molar-refractivity contribution < 1.29 is 18.7 Å². The van der Waals surface area contributed by atoms with Crippen LogP contribution in [-0.2, 0) is 0 Å². The highest BCUT2D eigenvalue weighted by atomic mass is 79.9. The summed E-state index contributed by atoms with van der Waals surface area (Å²) >= 11 is 6.13. The first kappa shape index (κ1) is 19.5. The largest absolute Gasteiger partial charge is 0.497 e. The van der Waals surface area contributed by atoms with Crippen LogP contribution >= 0.6 is 31.9 Å². The maximum absolute atomic E-state index is 12.3. The topological polar surface area (TPSA) is 43.4 Å². The van der Waals surface area contributed by atoms with Crippen LogP contribution in [0.4, 0.5) is 4.39 Å². The van der Waals surface area contributed by atoms with Gasteiger partial charge in [0.1, 0.15) is 11.6 Å². The number of hydrogen-bond donors (Lipinski definition) is 0. The van der Waals surface area contributed by atoms with E-state index < -0.39 is 0 Å². The lowest BCUT2D eigenvalue weighted by molar-refractivity contribution is 0.101. The number of ether oxygens (including phenoxy) is 1. The molecule has 122 valence electrons. The molecule has 0 unspecified atom stereocenters. The van der Waals surface area contributed by atoms with Crippen LogP contribution in [-0.4, -0.2) is 29.3 Å². The molecule has 0 fully saturated rings. The first-order chi connectivity index (χ1) is 11.0. The summed E-state index contributed by atoms with van der Waals surface area (Å²) in [6.07, 6.45) is 0. The van der Waals surface area contributed by atoms with E-state index in [1.807, 2.05) is 6.07 Å². The van der Waals surface area contributed by atoms with Gasteiger partial charge in [0.2, 0.25) is 0 Å². The van der Waals surface area contributed by atoms with Gasteiger partial charge in [-0.3, -0.25) is 9.59 Å². The van der Waals surface area contributed by atoms with Gasteiger partial charge in [0.05, 0.1) is 17.8 Å². The predicted octanol–water partition coefficient (Wildman–Crippen LogP) is 4.68. The number of Topliss-reactive ketones (excluding diaryl/α,β-unsaturated/α-hetero) is 2. The molecule has 23 heavy (non-hydrogen) atoms. The van der Waals surface area contributed by atoms with Crippen LogP contribution < -0.4 is 4.74 Å². The van der Waals surface area contributed by atoms with Crippen molar-refractivity contribution >= 4 is 43.4 Å². The molecule has 0 saturated carbocycles. The number of alkyl halides is 2. The van der Waals surface area contributed by atoms with E-state index in [1.165, 1.54) is 24.3 Å². The molecular formula is C17H15Br2FO3. The highest BCUT2D eigenvalue weighted by Gasteiger charge is 2.03. The number of ketones is 2. The van der Waals surface area contributed by atoms with Gasteiger partial charge in [-0.2, -0.15) is 0 Å². The van der Waals surface area contributed by atoms with Crippen molar-refractivity contribution in [3.05, 3.63) is 65.5 Å². The van der Waals surface area contributed by atoms with Gasteiger partial charge in [-0.1, -0.05) is 44.0 Å². The number of benzene rings is 2. The van der Waals surface area contributed by atoms with Gasteiger partial charge in [0.15, 0.2) is 11.6 Å². The van der Waals surface area contributed by atoms with Gasteiger partial charge in [-0.05, 0) is 36.4 Å². The van der Waals surface area contributed by atoms with Gasteiger partial charge in [-0.25, -0.2) is 4.39 Å². The van der Waals surface area contributed by atoms with E-state index in [4.69, 9.17) is 4.74 Å². The average Bonchev–Trinajstić information content (AvgIpc) is 2.61. The van der Waals surface area contributed by atoms with Crippen LogP contribution in [0.1, 0.15) is 20.7 Å². The summed E-state index contributed by atoms with van der Waals surface area (Å²) in [5.74, 6) is 0.414. The molecule has 0 saturated heterocycles. The SMILES string of the molecule is COc1cccc(C(=O)CBr)c1.O=C(CBr)c1ccc(F)cc1. The Kier molecular flexibility index (Phi) is 8.73. The highest BCUT2D eigenvalue weighted by Crippen LogP contribution is 2.13. The molecule has 0 aliphatic rings. The third-order valence-corrected chi connectivity index (χ3v) is 3.82. The second-order valence-electron chi connectivity index (χ2n) is 4.35. The number of halogens is 3. The van der Waals surface area contributed by atoms with Crippen LogP contribution in [0.3, 0.4) is 0 Å². The molecule has 0 aliphatic heterocycles. The van der Waals surface area contributed by atoms with E-state index in [2.05, 4.69) is 31.9 Å². The first-order valence-electron chi connectivity index (χ1n) is 6.59. The van der Waals surface area contributed by atoms with Crippen LogP contribution in [0.2, 0.25) is 0 Å². The average molecular weight is 446 g/mol. The fraction of sp³-hybridized carbons (Fsp3) is 0.176. The zero-order chi connectivity index (χ0) is 17.2. The predicted molar refractivity (Wildman–Crippen MR) is 95.6 cm³/mol. The Labute approximate surface area is 151 Å². The summed E-state index contributed by atoms with van der Waals surface area (Å²) in [6, 6.07) is 12.6. The summed E-state index contributed by atoms with van der Waals surface area (Å²) in [5, 5.41) is 0.624. The van der Waals surface area contributed by atoms with Crippen LogP contribution in [0, 0.1) is 5.82 Å². The van der Waals surface area contributed by atoms with Crippen molar-refractivity contribution in [2.45, 2.75) is 0 Å². The Bertz CT molecular complexity index is 657. The molecule has 2 aromatic rings. The molecule has 0 atom stereocenters. The molecule has 0 heterocycles. The Balaban J connectivity index is 0.000000231.